The summed E-state index contributed by atoms with van der Waals surface area (Å²) in [7, 11) is -2.38. The molecule has 0 radical (unpaired) electrons. The van der Waals surface area contributed by atoms with Gasteiger partial charge in [0, 0.05) is 0 Å². The van der Waals surface area contributed by atoms with Crippen LogP contribution in [0.4, 0.5) is 0 Å². The highest BCUT2D eigenvalue weighted by molar-refractivity contribution is 7.41. The van der Waals surface area contributed by atoms with Gasteiger partial charge in [-0.1, -0.05) is 96.5 Å². The van der Waals surface area contributed by atoms with Crippen molar-refractivity contribution in [1.29, 1.82) is 0 Å². The van der Waals surface area contributed by atoms with Crippen LogP contribution in [0.2, 0.25) is 0 Å². The maximum atomic E-state index is 10.4. The Morgan fingerprint density at radius 2 is 1.10 bits per heavy atom. The predicted octanol–water partition coefficient (Wildman–Crippen LogP) is 6.84. The van der Waals surface area contributed by atoms with Gasteiger partial charge in [0.2, 0.25) is 8.03 Å². The third-order valence-corrected chi connectivity index (χ3v) is 4.51. The van der Waals surface area contributed by atoms with Crippen molar-refractivity contribution in [3.63, 3.8) is 0 Å². The Bertz CT molecular complexity index is 252. The maximum Gasteiger partial charge on any atom is 0.210 e. The third-order valence-electron chi connectivity index (χ3n) is 3.98. The molecule has 0 aromatic carbocycles. The number of unbranched alkanes of at least 4 members (excludes halogenated alkanes) is 14. The Morgan fingerprint density at radius 3 is 1.48 bits per heavy atom. The molecule has 0 aliphatic rings. The fourth-order valence-electron chi connectivity index (χ4n) is 2.64. The summed E-state index contributed by atoms with van der Waals surface area (Å²) < 4.78 is 10.4. The van der Waals surface area contributed by atoms with Crippen LogP contribution < -0.4 is 0 Å². The number of hydrogen-bond acceptors (Lipinski definition) is 1. The minimum atomic E-state index is -2.38. The van der Waals surface area contributed by atoms with E-state index in [4.69, 9.17) is 4.89 Å². The van der Waals surface area contributed by atoms with Gasteiger partial charge < -0.3 is 4.89 Å². The number of hydrogen-bond donors (Lipinski definition) is 1. The molecule has 0 rings (SSSR count). The molecule has 0 aliphatic carbocycles. The fourth-order valence-corrected chi connectivity index (χ4v) is 3.01. The average Bonchev–Trinajstić information content (AvgIpc) is 2.46. The van der Waals surface area contributed by atoms with Crippen molar-refractivity contribution in [2.45, 2.75) is 103 Å². The van der Waals surface area contributed by atoms with Gasteiger partial charge in [-0.05, 0) is 18.7 Å². The zero-order chi connectivity index (χ0) is 15.6. The van der Waals surface area contributed by atoms with Gasteiger partial charge in [0.1, 0.15) is 0 Å². The summed E-state index contributed by atoms with van der Waals surface area (Å²) in [4.78, 5) is 8.63. The highest BCUT2D eigenvalue weighted by Gasteiger charge is 1.93. The van der Waals surface area contributed by atoms with Crippen molar-refractivity contribution < 1.29 is 9.46 Å². The molecular weight excluding hydrogens is 279 g/mol. The predicted molar refractivity (Wildman–Crippen MR) is 95.3 cm³/mol. The quantitative estimate of drug-likeness (QED) is 0.250. The minimum absolute atomic E-state index is 0.953. The van der Waals surface area contributed by atoms with Gasteiger partial charge in [-0.2, -0.15) is 0 Å². The van der Waals surface area contributed by atoms with Crippen LogP contribution in [0.5, 0.6) is 0 Å². The molecule has 3 heteroatoms. The molecule has 0 fully saturated rings. The van der Waals surface area contributed by atoms with E-state index in [0.29, 0.717) is 0 Å². The third kappa shape index (κ3) is 19.9. The topological polar surface area (TPSA) is 37.3 Å². The lowest BCUT2D eigenvalue weighted by molar-refractivity contribution is 0.512. The molecule has 1 N–H and O–H groups in total. The van der Waals surface area contributed by atoms with E-state index in [2.05, 4.69) is 6.92 Å². The summed E-state index contributed by atoms with van der Waals surface area (Å²) in [5.41, 5.74) is 0. The van der Waals surface area contributed by atoms with E-state index in [0.717, 1.165) is 12.8 Å². The SMILES string of the molecule is CCCCCCCCCCCCCCCCC=C[PH](=O)O. The molecule has 1 unspecified atom stereocenters. The average molecular weight is 316 g/mol. The van der Waals surface area contributed by atoms with Crippen LogP contribution >= 0.6 is 8.03 Å². The van der Waals surface area contributed by atoms with Crippen LogP contribution in [-0.2, 0) is 4.57 Å². The smallest absolute Gasteiger partial charge is 0.210 e. The Kier molecular flexibility index (Phi) is 17.9. The zero-order valence-corrected chi connectivity index (χ0v) is 15.1. The van der Waals surface area contributed by atoms with Crippen LogP contribution in [-0.4, -0.2) is 4.89 Å². The Labute approximate surface area is 133 Å². The molecule has 0 spiro atoms. The lowest BCUT2D eigenvalue weighted by atomic mass is 10.0. The normalized spacial score (nSPS) is 13.0. The van der Waals surface area contributed by atoms with Crippen LogP contribution in [0, 0.1) is 0 Å². The van der Waals surface area contributed by atoms with Crippen molar-refractivity contribution >= 4 is 8.03 Å². The lowest BCUT2D eigenvalue weighted by Gasteiger charge is -2.02. The Hall–Kier alpha value is -0.0700. The Morgan fingerprint density at radius 1 is 0.714 bits per heavy atom. The fraction of sp³-hybridized carbons (Fsp3) is 0.889. The first-order chi connectivity index (χ1) is 10.3. The lowest BCUT2D eigenvalue weighted by Crippen LogP contribution is -1.83. The summed E-state index contributed by atoms with van der Waals surface area (Å²) in [5, 5.41) is 0. The molecule has 0 aliphatic heterocycles. The second-order valence-electron chi connectivity index (χ2n) is 6.13. The summed E-state index contributed by atoms with van der Waals surface area (Å²) in [6.45, 7) is 2.27. The first kappa shape index (κ1) is 20.9. The monoisotopic (exact) mass is 316 g/mol. The molecular formula is C18H37O2P. The largest absolute Gasteiger partial charge is 0.344 e. The Balaban J connectivity index is 3.01. The molecule has 1 atom stereocenters. The summed E-state index contributed by atoms with van der Waals surface area (Å²) in [6.07, 6.45) is 22.0. The molecule has 0 bridgehead atoms. The van der Waals surface area contributed by atoms with Crippen molar-refractivity contribution in [1.82, 2.24) is 0 Å². The molecule has 0 aromatic rings. The highest BCUT2D eigenvalue weighted by atomic mass is 31.1. The highest BCUT2D eigenvalue weighted by Crippen LogP contribution is 2.16. The van der Waals surface area contributed by atoms with Crippen molar-refractivity contribution in [3.8, 4) is 0 Å². The van der Waals surface area contributed by atoms with E-state index in [9.17, 15) is 4.57 Å². The van der Waals surface area contributed by atoms with Crippen molar-refractivity contribution in [3.05, 3.63) is 11.9 Å². The van der Waals surface area contributed by atoms with Gasteiger partial charge in [-0.15, -0.1) is 0 Å². The van der Waals surface area contributed by atoms with E-state index in [1.165, 1.54) is 89.3 Å². The number of allylic oxidation sites excluding steroid dienone is 1. The van der Waals surface area contributed by atoms with Gasteiger partial charge >= 0.3 is 0 Å². The standard InChI is InChI=1S/C18H37O2P/c1-2-3-4-5-6-7-8-9-10-11-12-13-14-15-16-17-18-21(19)20/h17-18,21H,2-16H2,1H3,(H,19,20). The van der Waals surface area contributed by atoms with E-state index in [1.807, 2.05) is 6.08 Å². The van der Waals surface area contributed by atoms with Crippen molar-refractivity contribution in [2.75, 3.05) is 0 Å². The molecule has 0 heterocycles. The van der Waals surface area contributed by atoms with Crippen LogP contribution in [0.3, 0.4) is 0 Å². The summed E-state index contributed by atoms with van der Waals surface area (Å²) in [6, 6.07) is 0. The molecule has 0 saturated carbocycles. The molecule has 2 nitrogen and oxygen atoms in total. The van der Waals surface area contributed by atoms with Gasteiger partial charge in [-0.25, -0.2) is 0 Å². The second kappa shape index (κ2) is 18.0. The maximum absolute atomic E-state index is 10.4. The van der Waals surface area contributed by atoms with Crippen LogP contribution in [0.1, 0.15) is 103 Å². The van der Waals surface area contributed by atoms with Gasteiger partial charge in [0.05, 0.1) is 0 Å². The molecule has 0 aromatic heterocycles. The van der Waals surface area contributed by atoms with E-state index in [1.54, 1.807) is 0 Å². The zero-order valence-electron chi connectivity index (χ0n) is 14.1. The first-order valence-corrected chi connectivity index (χ1v) is 10.6. The van der Waals surface area contributed by atoms with E-state index in [-0.39, 0.29) is 0 Å². The van der Waals surface area contributed by atoms with Gasteiger partial charge in [0.25, 0.3) is 0 Å². The first-order valence-electron chi connectivity index (χ1n) is 9.17. The molecule has 0 saturated heterocycles. The van der Waals surface area contributed by atoms with E-state index >= 15 is 0 Å². The number of rotatable bonds is 16. The van der Waals surface area contributed by atoms with Crippen LogP contribution in [0.25, 0.3) is 0 Å². The van der Waals surface area contributed by atoms with Crippen molar-refractivity contribution in [2.24, 2.45) is 0 Å². The van der Waals surface area contributed by atoms with Crippen LogP contribution in [0.15, 0.2) is 11.9 Å². The van der Waals surface area contributed by atoms with Gasteiger partial charge in [-0.3, -0.25) is 4.57 Å². The van der Waals surface area contributed by atoms with Gasteiger partial charge in [0.15, 0.2) is 0 Å². The summed E-state index contributed by atoms with van der Waals surface area (Å²) >= 11 is 0. The second-order valence-corrected chi connectivity index (χ2v) is 7.14. The summed E-state index contributed by atoms with van der Waals surface area (Å²) in [5.74, 6) is 1.44. The molecule has 0 amide bonds. The molecule has 21 heavy (non-hydrogen) atoms. The molecule has 126 valence electrons. The minimum Gasteiger partial charge on any atom is -0.344 e. The van der Waals surface area contributed by atoms with E-state index < -0.39 is 8.03 Å².